The number of rotatable bonds is 16. The molecule has 4 aromatic rings. The normalized spacial score (nSPS) is 21.7. The molecule has 5 aliphatic heterocycles. The molecule has 6 atom stereocenters. The lowest BCUT2D eigenvalue weighted by molar-refractivity contribution is -0.144. The van der Waals surface area contributed by atoms with Crippen molar-refractivity contribution in [1.29, 1.82) is 0 Å². The summed E-state index contributed by atoms with van der Waals surface area (Å²) in [6.07, 6.45) is 2.52. The molecule has 0 spiro atoms. The van der Waals surface area contributed by atoms with Gasteiger partial charge in [-0.2, -0.15) is 8.78 Å². The van der Waals surface area contributed by atoms with Crippen LogP contribution < -0.4 is 27.0 Å². The number of alkyl halides is 2. The Labute approximate surface area is 468 Å². The molecule has 0 bridgehead atoms. The molecule has 0 aliphatic carbocycles. The Kier molecular flexibility index (Phi) is 17.5. The van der Waals surface area contributed by atoms with Crippen LogP contribution in [-0.2, 0) is 50.3 Å². The quantitative estimate of drug-likeness (QED) is 0.0482. The number of piperidine rings is 2. The van der Waals surface area contributed by atoms with Gasteiger partial charge in [-0.3, -0.25) is 53.0 Å². The van der Waals surface area contributed by atoms with E-state index in [0.717, 1.165) is 29.0 Å². The Morgan fingerprint density at radius 3 is 2.36 bits per heavy atom. The third kappa shape index (κ3) is 13.0. The number of carbonyl (C=O) groups is 9. The van der Waals surface area contributed by atoms with Crippen LogP contribution >= 0.6 is 18.9 Å². The molecule has 21 nitrogen and oxygen atoms in total. The second kappa shape index (κ2) is 24.4. The van der Waals surface area contributed by atoms with Gasteiger partial charge in [-0.1, -0.05) is 54.3 Å². The first kappa shape index (κ1) is 58.2. The highest BCUT2D eigenvalue weighted by atomic mass is 32.1. The van der Waals surface area contributed by atoms with E-state index in [9.17, 15) is 66.3 Å². The second-order valence-electron chi connectivity index (χ2n) is 21.3. The molecular formula is C56H62F2N9O12PS. The van der Waals surface area contributed by atoms with Gasteiger partial charge in [0.05, 0.1) is 10.9 Å². The monoisotopic (exact) mass is 1150 g/mol. The van der Waals surface area contributed by atoms with Gasteiger partial charge < -0.3 is 51.1 Å². The lowest BCUT2D eigenvalue weighted by Crippen LogP contribution is -2.61. The number of hydrogen-bond acceptors (Lipinski definition) is 12. The number of hydrogen-bond donors (Lipinski definition) is 7. The second-order valence-corrected chi connectivity index (χ2v) is 24.0. The molecule has 0 radical (unpaired) electrons. The smallest absolute Gasteiger partial charge is 0.370 e. The molecule has 9 amide bonds. The first-order valence-corrected chi connectivity index (χ1v) is 29.3. The summed E-state index contributed by atoms with van der Waals surface area (Å²) in [7, 11) is -4.09. The molecule has 3 aromatic carbocycles. The lowest BCUT2D eigenvalue weighted by atomic mass is 9.95. The molecule has 1 unspecified atom stereocenters. The first-order chi connectivity index (χ1) is 38.6. The van der Waals surface area contributed by atoms with Crippen LogP contribution in [0.2, 0.25) is 0 Å². The Hall–Kier alpha value is -7.42. The van der Waals surface area contributed by atoms with Crippen molar-refractivity contribution in [1.82, 2.24) is 40.9 Å². The Balaban J connectivity index is 0.825. The number of nitrogens with two attached hydrogens (primary N) is 1. The van der Waals surface area contributed by atoms with Gasteiger partial charge in [-0.05, 0) is 112 Å². The van der Waals surface area contributed by atoms with Crippen molar-refractivity contribution < 1.29 is 66.3 Å². The number of likely N-dealkylation sites (N-methyl/N-ethyl adjacent to an activating group) is 1. The fraction of sp³-hybridized carbons (Fsp3) is 0.446. The van der Waals surface area contributed by atoms with Crippen LogP contribution in [0.5, 0.6) is 0 Å². The molecular weight excluding hydrogens is 1090 g/mol. The van der Waals surface area contributed by atoms with Gasteiger partial charge >= 0.3 is 13.3 Å². The van der Waals surface area contributed by atoms with Crippen LogP contribution in [0.25, 0.3) is 10.1 Å². The molecule has 8 N–H and O–H groups in total. The van der Waals surface area contributed by atoms with E-state index in [1.807, 2.05) is 11.0 Å². The summed E-state index contributed by atoms with van der Waals surface area (Å²) in [5.41, 5.74) is 2.70. The summed E-state index contributed by atoms with van der Waals surface area (Å²) in [5, 5.41) is 11.0. The van der Waals surface area contributed by atoms with Gasteiger partial charge in [0, 0.05) is 78.8 Å². The van der Waals surface area contributed by atoms with Crippen molar-refractivity contribution in [3.05, 3.63) is 105 Å². The number of nitrogens with zero attached hydrogens (tertiary/aromatic N) is 4. The average Bonchev–Trinajstić information content (AvgIpc) is 4.35. The van der Waals surface area contributed by atoms with Crippen LogP contribution in [0.15, 0.2) is 72.8 Å². The summed E-state index contributed by atoms with van der Waals surface area (Å²) < 4.78 is 41.0. The highest BCUT2D eigenvalue weighted by Gasteiger charge is 2.51. The van der Waals surface area contributed by atoms with Crippen molar-refractivity contribution >= 4 is 82.2 Å². The van der Waals surface area contributed by atoms with Crippen LogP contribution in [0.4, 0.5) is 8.78 Å². The third-order valence-corrected chi connectivity index (χ3v) is 17.9. The Bertz CT molecular complexity index is 3280. The zero-order valence-corrected chi connectivity index (χ0v) is 45.9. The summed E-state index contributed by atoms with van der Waals surface area (Å²) in [5.74, 6) is 1.95. The topological polar surface area (TPSA) is 298 Å². The average molecular weight is 1150 g/mol. The van der Waals surface area contributed by atoms with Gasteiger partial charge in [-0.15, -0.1) is 11.3 Å². The maximum atomic E-state index is 14.6. The van der Waals surface area contributed by atoms with E-state index >= 15 is 0 Å². The molecule has 0 saturated carbocycles. The number of fused-ring (bicyclic) bond motifs is 3. The van der Waals surface area contributed by atoms with Crippen LogP contribution in [-0.4, -0.2) is 146 Å². The molecule has 1 aromatic heterocycles. The predicted molar refractivity (Wildman–Crippen MR) is 290 cm³/mol. The SMILES string of the molecule is CN1CC[C@H]2CC[C@@H](C(=O)N[C@@H](CCC(N)=O)C(=O)N[C@H](CCC(=O)N3CCC(C#Cc4cccc5c4CN(C4CCC(=O)NC4=O)C5=O)CC3)c3ccccc3)N2C(=O)[C@@H](NC(=O)c2cc3cc(C(F)(F)P(=O)(O)O)ccc3s2)C1. The van der Waals surface area contributed by atoms with Gasteiger partial charge in [-0.25, -0.2) is 0 Å². The van der Waals surface area contributed by atoms with Crippen molar-refractivity contribution in [2.75, 3.05) is 33.2 Å². The summed E-state index contributed by atoms with van der Waals surface area (Å²) >= 11 is 0.925. The zero-order valence-electron chi connectivity index (χ0n) is 44.2. The fourth-order valence-electron chi connectivity index (χ4n) is 11.3. The Morgan fingerprint density at radius 1 is 0.889 bits per heavy atom. The van der Waals surface area contributed by atoms with E-state index in [1.165, 1.54) is 21.9 Å². The minimum absolute atomic E-state index is 0.0353. The standard InChI is InChI=1S/C56H62F2N9O12PS/c1-64-25-24-37-13-16-44(67(37)55(76)42(31-64)62-53(74)46-29-35-28-36(12-18-45(35)81-46)56(57,58)80(77,78)79)52(73)61-41(14-19-47(59)68)50(71)60-40(34-6-3-2-4-7-34)15-21-49(70)65-26-22-32(23-27-65)10-11-33-8-5-9-38-39(33)30-66(54(38)75)43-17-20-48(69)63-51(43)72/h2-9,12,18,28-29,32,37,40-44H,13-17,19-27,30-31H2,1H3,(H2,59,68)(H,60,71)(H,61,73)(H,62,74)(H,63,69,72)(H2,77,78,79)/t37-,40-,41+,42+,43?,44+/m1/s1. The molecule has 9 rings (SSSR count). The van der Waals surface area contributed by atoms with Gasteiger partial charge in [0.1, 0.15) is 24.2 Å². The van der Waals surface area contributed by atoms with E-state index in [-0.39, 0.29) is 91.9 Å². The van der Waals surface area contributed by atoms with E-state index in [1.54, 1.807) is 54.4 Å². The van der Waals surface area contributed by atoms with Crippen LogP contribution in [0.1, 0.15) is 119 Å². The highest BCUT2D eigenvalue weighted by molar-refractivity contribution is 7.52. The number of primary amides is 1. The number of amides is 9. The fourth-order valence-corrected chi connectivity index (χ4v) is 12.7. The zero-order chi connectivity index (χ0) is 57.9. The highest BCUT2D eigenvalue weighted by Crippen LogP contribution is 2.59. The molecule has 25 heteroatoms. The first-order valence-electron chi connectivity index (χ1n) is 26.8. The van der Waals surface area contributed by atoms with E-state index in [2.05, 4.69) is 33.1 Å². The van der Waals surface area contributed by atoms with Crippen molar-refractivity contribution in [3.8, 4) is 11.8 Å². The van der Waals surface area contributed by atoms with E-state index in [0.29, 0.717) is 66.7 Å². The molecule has 428 valence electrons. The minimum Gasteiger partial charge on any atom is -0.370 e. The molecule has 6 heterocycles. The van der Waals surface area contributed by atoms with Gasteiger partial charge in [0.15, 0.2) is 0 Å². The third-order valence-electron chi connectivity index (χ3n) is 15.8. The molecule has 4 fully saturated rings. The van der Waals surface area contributed by atoms with Gasteiger partial charge in [0.25, 0.3) is 11.8 Å². The molecule has 5 aliphatic rings. The predicted octanol–water partition coefficient (Wildman–Crippen LogP) is 3.36. The number of carbonyl (C=O) groups excluding carboxylic acids is 9. The Morgan fingerprint density at radius 2 is 1.64 bits per heavy atom. The minimum atomic E-state index is -5.86. The lowest BCUT2D eigenvalue weighted by Gasteiger charge is -2.38. The van der Waals surface area contributed by atoms with Crippen LogP contribution in [0, 0.1) is 17.8 Å². The maximum Gasteiger partial charge on any atom is 0.399 e. The van der Waals surface area contributed by atoms with Crippen LogP contribution in [0.3, 0.4) is 0 Å². The summed E-state index contributed by atoms with van der Waals surface area (Å²) in [6.45, 7) is 1.61. The number of thiophene rings is 1. The number of halogens is 2. The maximum absolute atomic E-state index is 14.6. The van der Waals surface area contributed by atoms with Gasteiger partial charge in [0.2, 0.25) is 41.4 Å². The molecule has 4 saturated heterocycles. The van der Waals surface area contributed by atoms with Crippen molar-refractivity contribution in [2.45, 2.75) is 119 Å². The summed E-state index contributed by atoms with van der Waals surface area (Å²) in [6, 6.07) is 13.1. The molecule has 81 heavy (non-hydrogen) atoms. The summed E-state index contributed by atoms with van der Waals surface area (Å²) in [4.78, 5) is 146. The number of nitrogens with one attached hydrogen (secondary N) is 4. The number of likely N-dealkylation sites (tertiary alicyclic amines) is 1. The number of benzene rings is 3. The number of imide groups is 1. The van der Waals surface area contributed by atoms with E-state index < -0.39 is 90.5 Å². The van der Waals surface area contributed by atoms with E-state index in [4.69, 9.17) is 5.73 Å². The van der Waals surface area contributed by atoms with Crippen molar-refractivity contribution in [3.63, 3.8) is 0 Å². The largest absolute Gasteiger partial charge is 0.399 e. The van der Waals surface area contributed by atoms with Crippen molar-refractivity contribution in [2.24, 2.45) is 11.7 Å².